The summed E-state index contributed by atoms with van der Waals surface area (Å²) in [6.07, 6.45) is 1.38. The van der Waals surface area contributed by atoms with E-state index in [-0.39, 0.29) is 5.82 Å². The summed E-state index contributed by atoms with van der Waals surface area (Å²) in [6.45, 7) is 0.402. The van der Waals surface area contributed by atoms with Crippen LogP contribution < -0.4 is 9.47 Å². The highest BCUT2D eigenvalue weighted by Gasteiger charge is 2.05. The molecule has 0 radical (unpaired) electrons. The minimum Gasteiger partial charge on any atom is -0.497 e. The monoisotopic (exact) mass is 274 g/mol. The summed E-state index contributed by atoms with van der Waals surface area (Å²) in [5, 5.41) is 0. The topological polar surface area (TPSA) is 35.5 Å². The molecule has 0 N–H and O–H groups in total. The van der Waals surface area contributed by atoms with Gasteiger partial charge >= 0.3 is 0 Å². The van der Waals surface area contributed by atoms with E-state index >= 15 is 0 Å². The van der Waals surface area contributed by atoms with E-state index in [1.54, 1.807) is 37.4 Å². The van der Waals surface area contributed by atoms with Gasteiger partial charge in [-0.15, -0.1) is 0 Å². The summed E-state index contributed by atoms with van der Waals surface area (Å²) in [5.74, 6) is 0.861. The maximum Gasteiger partial charge on any atom is 0.153 e. The molecular formula is C16H15FO3. The normalized spacial score (nSPS) is 10.1. The maximum absolute atomic E-state index is 12.8. The van der Waals surface area contributed by atoms with Gasteiger partial charge in [0.05, 0.1) is 19.3 Å². The summed E-state index contributed by atoms with van der Waals surface area (Å²) in [5.41, 5.74) is 1.45. The van der Waals surface area contributed by atoms with E-state index in [0.29, 0.717) is 30.1 Å². The van der Waals surface area contributed by atoms with Crippen LogP contribution in [-0.2, 0) is 6.42 Å². The average Bonchev–Trinajstić information content (AvgIpc) is 2.49. The lowest BCUT2D eigenvalue weighted by Crippen LogP contribution is -2.03. The fourth-order valence-corrected chi connectivity index (χ4v) is 1.79. The largest absolute Gasteiger partial charge is 0.497 e. The molecule has 0 heterocycles. The second-order valence-corrected chi connectivity index (χ2v) is 4.25. The van der Waals surface area contributed by atoms with Gasteiger partial charge in [-0.3, -0.25) is 4.79 Å². The molecule has 0 fully saturated rings. The number of hydrogen-bond donors (Lipinski definition) is 0. The quantitative estimate of drug-likeness (QED) is 0.758. The Bertz CT molecular complexity index is 579. The van der Waals surface area contributed by atoms with E-state index in [9.17, 15) is 9.18 Å². The molecular weight excluding hydrogens is 259 g/mol. The molecule has 104 valence electrons. The third kappa shape index (κ3) is 3.57. The zero-order chi connectivity index (χ0) is 14.4. The van der Waals surface area contributed by atoms with E-state index in [1.807, 2.05) is 0 Å². The van der Waals surface area contributed by atoms with Crippen molar-refractivity contribution in [1.29, 1.82) is 0 Å². The Kier molecular flexibility index (Phi) is 4.71. The van der Waals surface area contributed by atoms with Crippen molar-refractivity contribution in [2.24, 2.45) is 0 Å². The van der Waals surface area contributed by atoms with E-state index in [1.165, 1.54) is 12.1 Å². The smallest absolute Gasteiger partial charge is 0.153 e. The van der Waals surface area contributed by atoms with Crippen molar-refractivity contribution >= 4 is 6.29 Å². The molecule has 3 nitrogen and oxygen atoms in total. The predicted octanol–water partition coefficient (Wildman–Crippen LogP) is 3.27. The third-order valence-corrected chi connectivity index (χ3v) is 2.91. The predicted molar refractivity (Wildman–Crippen MR) is 74.0 cm³/mol. The molecule has 20 heavy (non-hydrogen) atoms. The van der Waals surface area contributed by atoms with Gasteiger partial charge in [-0.25, -0.2) is 4.39 Å². The first-order valence-electron chi connectivity index (χ1n) is 6.23. The van der Waals surface area contributed by atoms with Crippen molar-refractivity contribution in [1.82, 2.24) is 0 Å². The molecule has 0 atom stereocenters. The zero-order valence-electron chi connectivity index (χ0n) is 11.1. The lowest BCUT2D eigenvalue weighted by Gasteiger charge is -2.10. The van der Waals surface area contributed by atoms with Crippen molar-refractivity contribution in [3.05, 3.63) is 59.4 Å². The summed E-state index contributed by atoms with van der Waals surface area (Å²) in [6, 6.07) is 11.3. The van der Waals surface area contributed by atoms with Crippen LogP contribution in [0.25, 0.3) is 0 Å². The Morgan fingerprint density at radius 2 is 1.90 bits per heavy atom. The molecule has 0 saturated carbocycles. The van der Waals surface area contributed by atoms with Crippen LogP contribution in [0.2, 0.25) is 0 Å². The molecule has 0 unspecified atom stereocenters. The first-order chi connectivity index (χ1) is 9.72. The molecule has 0 aliphatic heterocycles. The summed E-state index contributed by atoms with van der Waals surface area (Å²) < 4.78 is 23.5. The van der Waals surface area contributed by atoms with Crippen LogP contribution in [0, 0.1) is 5.82 Å². The number of benzene rings is 2. The molecule has 0 aliphatic rings. The lowest BCUT2D eigenvalue weighted by molar-refractivity contribution is 0.111. The number of ether oxygens (including phenoxy) is 2. The average molecular weight is 274 g/mol. The zero-order valence-corrected chi connectivity index (χ0v) is 11.1. The van der Waals surface area contributed by atoms with Crippen LogP contribution in [0.1, 0.15) is 15.9 Å². The van der Waals surface area contributed by atoms with E-state index in [4.69, 9.17) is 9.47 Å². The van der Waals surface area contributed by atoms with Gasteiger partial charge in [-0.1, -0.05) is 12.1 Å². The molecule has 0 amide bonds. The van der Waals surface area contributed by atoms with Gasteiger partial charge < -0.3 is 9.47 Å². The fourth-order valence-electron chi connectivity index (χ4n) is 1.79. The van der Waals surface area contributed by atoms with Crippen LogP contribution in [-0.4, -0.2) is 20.0 Å². The highest BCUT2D eigenvalue weighted by Crippen LogP contribution is 2.23. The van der Waals surface area contributed by atoms with Crippen molar-refractivity contribution in [2.75, 3.05) is 13.7 Å². The standard InChI is InChI=1S/C16H15FO3/c1-19-15-7-4-13(11-18)16(10-15)20-9-8-12-2-5-14(17)6-3-12/h2-7,10-11H,8-9H2,1H3. The van der Waals surface area contributed by atoms with Crippen LogP contribution in [0.5, 0.6) is 11.5 Å². The first-order valence-corrected chi connectivity index (χ1v) is 6.23. The molecule has 2 aromatic carbocycles. The summed E-state index contributed by atoms with van der Waals surface area (Å²) >= 11 is 0. The van der Waals surface area contributed by atoms with Gasteiger partial charge in [0.15, 0.2) is 6.29 Å². The molecule has 0 saturated heterocycles. The molecule has 2 rings (SSSR count). The second kappa shape index (κ2) is 6.70. The van der Waals surface area contributed by atoms with Crippen LogP contribution in [0.15, 0.2) is 42.5 Å². The minimum absolute atomic E-state index is 0.259. The van der Waals surface area contributed by atoms with Crippen molar-refractivity contribution in [2.45, 2.75) is 6.42 Å². The summed E-state index contributed by atoms with van der Waals surface area (Å²) in [4.78, 5) is 10.9. The second-order valence-electron chi connectivity index (χ2n) is 4.25. The number of aldehydes is 1. The van der Waals surface area contributed by atoms with Crippen molar-refractivity contribution in [3.8, 4) is 11.5 Å². The first kappa shape index (κ1) is 14.1. The van der Waals surface area contributed by atoms with Crippen LogP contribution >= 0.6 is 0 Å². The van der Waals surface area contributed by atoms with Gasteiger partial charge in [-0.05, 0) is 29.8 Å². The molecule has 0 aliphatic carbocycles. The van der Waals surface area contributed by atoms with Crippen LogP contribution in [0.4, 0.5) is 4.39 Å². The minimum atomic E-state index is -0.259. The Morgan fingerprint density at radius 3 is 2.55 bits per heavy atom. The van der Waals surface area contributed by atoms with Gasteiger partial charge in [0.2, 0.25) is 0 Å². The van der Waals surface area contributed by atoms with Gasteiger partial charge in [0.1, 0.15) is 17.3 Å². The fraction of sp³-hybridized carbons (Fsp3) is 0.188. The number of carbonyl (C=O) groups excluding carboxylic acids is 1. The Balaban J connectivity index is 1.99. The number of carbonyl (C=O) groups is 1. The van der Waals surface area contributed by atoms with Gasteiger partial charge in [0, 0.05) is 12.5 Å². The third-order valence-electron chi connectivity index (χ3n) is 2.91. The summed E-state index contributed by atoms with van der Waals surface area (Å²) in [7, 11) is 1.55. The molecule has 0 spiro atoms. The lowest BCUT2D eigenvalue weighted by atomic mass is 10.1. The number of rotatable bonds is 6. The number of hydrogen-bond acceptors (Lipinski definition) is 3. The number of methoxy groups -OCH3 is 1. The van der Waals surface area contributed by atoms with E-state index < -0.39 is 0 Å². The van der Waals surface area contributed by atoms with Gasteiger partial charge in [0.25, 0.3) is 0 Å². The van der Waals surface area contributed by atoms with Gasteiger partial charge in [-0.2, -0.15) is 0 Å². The molecule has 0 bridgehead atoms. The highest BCUT2D eigenvalue weighted by atomic mass is 19.1. The van der Waals surface area contributed by atoms with E-state index in [2.05, 4.69) is 0 Å². The van der Waals surface area contributed by atoms with Crippen molar-refractivity contribution < 1.29 is 18.7 Å². The Labute approximate surface area is 117 Å². The van der Waals surface area contributed by atoms with Crippen LogP contribution in [0.3, 0.4) is 0 Å². The van der Waals surface area contributed by atoms with Crippen molar-refractivity contribution in [3.63, 3.8) is 0 Å². The molecule has 4 heteroatoms. The highest BCUT2D eigenvalue weighted by molar-refractivity contribution is 5.79. The Hall–Kier alpha value is -2.36. The number of halogens is 1. The SMILES string of the molecule is COc1ccc(C=O)c(OCCc2ccc(F)cc2)c1. The van der Waals surface area contributed by atoms with E-state index in [0.717, 1.165) is 11.8 Å². The maximum atomic E-state index is 12.8. The Morgan fingerprint density at radius 1 is 1.15 bits per heavy atom. The molecule has 0 aromatic heterocycles. The molecule has 2 aromatic rings.